The fourth-order valence-electron chi connectivity index (χ4n) is 5.99. The van der Waals surface area contributed by atoms with Crippen LogP contribution in [0.15, 0.2) is 219 Å². The SMILES string of the molecule is C.C#C[Si](C)(C)C.C#Cc1cnn(C)c1.Cn1cc(C#C[Si](C)(C)C)cn1.Cn1cc(I)cn1.F.O=CO[O-].[Cl][Pd][Cl].[H-].[K+].[K+].c1ccc(P(c2ccccc2)c2ccccc2)cc1.c1ccc(P(c2ccccc2)c2ccccc2)cc1. The molecule has 0 N–H and O–H groups in total. The van der Waals surface area contributed by atoms with Crippen molar-refractivity contribution in [3.63, 3.8) is 0 Å². The molecule has 0 saturated carbocycles. The molecule has 6 aromatic carbocycles. The Bertz CT molecular complexity index is 2850. The maximum Gasteiger partial charge on any atom is 1.00 e. The quantitative estimate of drug-likeness (QED) is 0.0360. The molecule has 82 heavy (non-hydrogen) atoms. The zero-order valence-corrected chi connectivity index (χ0v) is 62.9. The van der Waals surface area contributed by atoms with Crippen LogP contribution in [0.25, 0.3) is 0 Å². The molecule has 0 fully saturated rings. The maximum absolute atomic E-state index is 8.64. The average molecular weight is 1470 g/mol. The number of aryl methyl sites for hydroxylation is 3. The van der Waals surface area contributed by atoms with Crippen molar-refractivity contribution >= 4 is 112 Å². The van der Waals surface area contributed by atoms with Crippen LogP contribution in [0.2, 0.25) is 39.3 Å². The topological polar surface area (TPSA) is 103 Å². The van der Waals surface area contributed by atoms with E-state index in [1.165, 1.54) is 35.4 Å². The molecule has 3 heterocycles. The summed E-state index contributed by atoms with van der Waals surface area (Å²) in [5.41, 5.74) is 7.87. The number of benzene rings is 6. The summed E-state index contributed by atoms with van der Waals surface area (Å²) in [6.07, 6.45) is 21.1. The number of nitrogens with zero attached hydrogens (tertiary/aromatic N) is 6. The van der Waals surface area contributed by atoms with E-state index in [4.69, 9.17) is 42.0 Å². The van der Waals surface area contributed by atoms with Gasteiger partial charge in [0.1, 0.15) is 16.1 Å². The maximum atomic E-state index is 8.64. The zero-order valence-electron chi connectivity index (χ0n) is 48.7. The largest absolute Gasteiger partial charge is 1.00 e. The summed E-state index contributed by atoms with van der Waals surface area (Å²) in [7, 11) is 12.0. The van der Waals surface area contributed by atoms with Gasteiger partial charge in [-0.15, -0.1) is 23.9 Å². The van der Waals surface area contributed by atoms with Gasteiger partial charge in [0, 0.05) is 39.7 Å². The number of halogens is 4. The van der Waals surface area contributed by atoms with Gasteiger partial charge in [-0.1, -0.05) is 241 Å². The van der Waals surface area contributed by atoms with E-state index in [0.717, 1.165) is 11.1 Å². The van der Waals surface area contributed by atoms with Gasteiger partial charge in [0.05, 0.1) is 33.3 Å². The molecule has 426 valence electrons. The second-order valence-electron chi connectivity index (χ2n) is 18.1. The molecular weight excluding hydrogens is 1400 g/mol. The Kier molecular flexibility index (Phi) is 50.7. The minimum atomic E-state index is -1.23. The van der Waals surface area contributed by atoms with E-state index in [1.807, 2.05) is 39.7 Å². The van der Waals surface area contributed by atoms with Crippen molar-refractivity contribution in [3.05, 3.63) is 234 Å². The predicted molar refractivity (Wildman–Crippen MR) is 352 cm³/mol. The first-order chi connectivity index (χ1) is 37.4. The number of hydrogen-bond donors (Lipinski definition) is 0. The summed E-state index contributed by atoms with van der Waals surface area (Å²) in [6, 6.07) is 64.7. The summed E-state index contributed by atoms with van der Waals surface area (Å²) in [6.45, 7) is 13.0. The molecule has 0 saturated heterocycles. The Balaban J connectivity index is -0.000000455. The number of terminal acetylenes is 2. The Morgan fingerprint density at radius 3 is 0.939 bits per heavy atom. The smallest absolute Gasteiger partial charge is 1.00 e. The molecule has 0 bridgehead atoms. The first-order valence-electron chi connectivity index (χ1n) is 23.9. The molecular formula is C62H72Cl2FIK2N6O3P2PdSi2. The van der Waals surface area contributed by atoms with Gasteiger partial charge < -0.3 is 11.6 Å². The fourth-order valence-corrected chi connectivity index (χ4v) is 11.6. The van der Waals surface area contributed by atoms with Crippen LogP contribution in [0.5, 0.6) is 0 Å². The molecule has 9 nitrogen and oxygen atoms in total. The molecule has 20 heteroatoms. The van der Waals surface area contributed by atoms with E-state index in [9.17, 15) is 0 Å². The number of hydrogen-bond acceptors (Lipinski definition) is 6. The first-order valence-corrected chi connectivity index (χ1v) is 38.7. The van der Waals surface area contributed by atoms with Crippen LogP contribution in [0.1, 0.15) is 20.0 Å². The second-order valence-corrected chi connectivity index (χ2v) is 35.7. The normalized spacial score (nSPS) is 9.38. The molecule has 0 radical (unpaired) electrons. The van der Waals surface area contributed by atoms with Crippen molar-refractivity contribution in [2.24, 2.45) is 21.1 Å². The summed E-state index contributed by atoms with van der Waals surface area (Å²) in [4.78, 5) is 11.2. The summed E-state index contributed by atoms with van der Waals surface area (Å²) in [5.74, 6) is 5.60. The van der Waals surface area contributed by atoms with Crippen LogP contribution in [0.3, 0.4) is 0 Å². The van der Waals surface area contributed by atoms with Gasteiger partial charge in [-0.3, -0.25) is 23.5 Å². The van der Waals surface area contributed by atoms with Gasteiger partial charge in [0.15, 0.2) is 0 Å². The fraction of sp³-hybridized carbons (Fsp3) is 0.161. The van der Waals surface area contributed by atoms with Crippen LogP contribution in [-0.4, -0.2) is 52.0 Å². The van der Waals surface area contributed by atoms with Gasteiger partial charge in [0.2, 0.25) is 0 Å². The standard InChI is InChI=1S/2C18H15P.C9H14N2Si.C6H6N2.C5H10Si.C4H5IN2.CH2O3.CH4.2ClH.FH.2K.Pd.H/c2*1-4-10-16(11-5-1)19(17-12-6-2-7-13-17)18-14-8-3-9-15-18;1-11-8-9(7-10-11)5-6-12(2,3)4;1-3-6-4-7-8(2)5-6;1-5-6(2,3)4;1-7-3-4(5)2-6-7;2-1-4-3;;;;;;;;/h2*1-15H;7-8H,1-4H3;1,4-5H,2H3;1H,2-4H3;2-3H,1H3;1,3H;1H4;3*1H;;;;/q;;;;;;;;;;;2*+1;+2;-1/p-3. The zero-order chi connectivity index (χ0) is 57.6. The molecule has 0 aliphatic carbocycles. The Morgan fingerprint density at radius 1 is 0.549 bits per heavy atom. The monoisotopic (exact) mass is 1470 g/mol. The third kappa shape index (κ3) is 38.5. The second kappa shape index (κ2) is 49.6. The van der Waals surface area contributed by atoms with Gasteiger partial charge >= 0.3 is 138 Å². The molecule has 0 amide bonds. The van der Waals surface area contributed by atoms with Crippen molar-refractivity contribution in [1.82, 2.24) is 29.3 Å². The van der Waals surface area contributed by atoms with E-state index in [2.05, 4.69) is 287 Å². The van der Waals surface area contributed by atoms with Crippen LogP contribution in [0.4, 0.5) is 4.70 Å². The van der Waals surface area contributed by atoms with Gasteiger partial charge in [0.25, 0.3) is 6.47 Å². The predicted octanol–water partition coefficient (Wildman–Crippen LogP) is 6.18. The number of aromatic nitrogens is 6. The molecule has 0 atom stereocenters. The van der Waals surface area contributed by atoms with Gasteiger partial charge in [-0.05, 0) is 70.3 Å². The van der Waals surface area contributed by atoms with Crippen molar-refractivity contribution < 1.29 is 140 Å². The van der Waals surface area contributed by atoms with Crippen molar-refractivity contribution in [2.75, 3.05) is 0 Å². The van der Waals surface area contributed by atoms with Crippen LogP contribution in [-0.2, 0) is 46.8 Å². The Hall–Kier alpha value is -2.47. The van der Waals surface area contributed by atoms with Crippen LogP contribution >= 0.6 is 57.5 Å². The Labute approximate surface area is 609 Å². The average Bonchev–Trinajstić information content (AvgIpc) is 4.26. The molecule has 9 aromatic rings. The summed E-state index contributed by atoms with van der Waals surface area (Å²) >= 11 is 2.11. The minimum absolute atomic E-state index is 0. The third-order valence-electron chi connectivity index (χ3n) is 9.39. The van der Waals surface area contributed by atoms with Crippen LogP contribution < -0.4 is 140 Å². The van der Waals surface area contributed by atoms with E-state index in [1.54, 1.807) is 32.6 Å². The van der Waals surface area contributed by atoms with Crippen LogP contribution in [0, 0.1) is 39.3 Å². The number of carbonyl (C=O) groups is 1. The first kappa shape index (κ1) is 83.7. The number of rotatable bonds is 7. The van der Waals surface area contributed by atoms with E-state index >= 15 is 0 Å². The van der Waals surface area contributed by atoms with Crippen molar-refractivity contribution in [2.45, 2.75) is 46.7 Å². The third-order valence-corrected chi connectivity index (χ3v) is 16.6. The summed E-state index contributed by atoms with van der Waals surface area (Å²) < 4.78 is 6.41. The van der Waals surface area contributed by atoms with E-state index in [-0.39, 0.29) is 139 Å². The Morgan fingerprint density at radius 2 is 0.793 bits per heavy atom. The van der Waals surface area contributed by atoms with Crippen molar-refractivity contribution in [1.29, 1.82) is 0 Å². The molecule has 0 aliphatic rings. The number of carbonyl (C=O) groups excluding carboxylic acids is 1. The van der Waals surface area contributed by atoms with Gasteiger partial charge in [-0.2, -0.15) is 15.3 Å². The van der Waals surface area contributed by atoms with E-state index < -0.39 is 32.0 Å². The molecule has 0 unspecified atom stereocenters. The summed E-state index contributed by atoms with van der Waals surface area (Å²) in [5, 5.41) is 28.7. The molecule has 3 aromatic heterocycles. The molecule has 0 spiro atoms. The van der Waals surface area contributed by atoms with E-state index in [0.29, 0.717) is 0 Å². The van der Waals surface area contributed by atoms with Gasteiger partial charge in [-0.25, -0.2) is 0 Å². The minimum Gasteiger partial charge on any atom is -1.00 e. The molecule has 9 rings (SSSR count). The van der Waals surface area contributed by atoms with Crippen molar-refractivity contribution in [3.8, 4) is 35.8 Å². The molecule has 0 aliphatic heterocycles.